The summed E-state index contributed by atoms with van der Waals surface area (Å²) in [5.74, 6) is 0.420. The molecule has 0 aromatic heterocycles. The van der Waals surface area contributed by atoms with Crippen molar-refractivity contribution < 1.29 is 0 Å². The normalized spacial score (nSPS) is 13.9. The second kappa shape index (κ2) is 7.99. The molecule has 0 aliphatic carbocycles. The average molecular weight is 281 g/mol. The first kappa shape index (κ1) is 15.8. The highest BCUT2D eigenvalue weighted by atomic mass is 14.9. The van der Waals surface area contributed by atoms with E-state index in [0.717, 1.165) is 13.0 Å². The van der Waals surface area contributed by atoms with E-state index in [0.29, 0.717) is 12.0 Å². The van der Waals surface area contributed by atoms with Crippen molar-refractivity contribution in [3.05, 3.63) is 71.3 Å². The van der Waals surface area contributed by atoms with Crippen molar-refractivity contribution in [1.29, 1.82) is 0 Å². The van der Waals surface area contributed by atoms with Crippen LogP contribution in [0.1, 0.15) is 49.3 Å². The van der Waals surface area contributed by atoms with E-state index >= 15 is 0 Å². The molecule has 0 radical (unpaired) electrons. The molecule has 2 aromatic carbocycles. The van der Waals surface area contributed by atoms with Crippen LogP contribution in [-0.2, 0) is 0 Å². The second-order valence-electron chi connectivity index (χ2n) is 5.71. The molecule has 0 aliphatic rings. The van der Waals surface area contributed by atoms with Gasteiger partial charge in [-0.25, -0.2) is 0 Å². The van der Waals surface area contributed by atoms with Gasteiger partial charge in [0.15, 0.2) is 0 Å². The van der Waals surface area contributed by atoms with E-state index < -0.39 is 0 Å². The molecule has 0 fully saturated rings. The first-order valence-electron chi connectivity index (χ1n) is 8.11. The van der Waals surface area contributed by atoms with Crippen LogP contribution < -0.4 is 5.32 Å². The van der Waals surface area contributed by atoms with Crippen molar-refractivity contribution >= 4 is 0 Å². The zero-order chi connectivity index (χ0) is 15.1. The lowest BCUT2D eigenvalue weighted by molar-refractivity contribution is 0.453. The van der Waals surface area contributed by atoms with Gasteiger partial charge in [-0.2, -0.15) is 0 Å². The highest BCUT2D eigenvalue weighted by Crippen LogP contribution is 2.31. The van der Waals surface area contributed by atoms with Crippen LogP contribution >= 0.6 is 0 Å². The fraction of sp³-hybridized carbons (Fsp3) is 0.400. The van der Waals surface area contributed by atoms with Gasteiger partial charge in [0.2, 0.25) is 0 Å². The summed E-state index contributed by atoms with van der Waals surface area (Å²) in [6.07, 6.45) is 2.31. The number of hydrogen-bond donors (Lipinski definition) is 1. The molecule has 21 heavy (non-hydrogen) atoms. The molecule has 0 aliphatic heterocycles. The molecule has 0 saturated heterocycles. The van der Waals surface area contributed by atoms with Crippen molar-refractivity contribution in [2.45, 2.75) is 45.6 Å². The monoisotopic (exact) mass is 281 g/mol. The maximum absolute atomic E-state index is 3.74. The van der Waals surface area contributed by atoms with Crippen LogP contribution in [0.5, 0.6) is 0 Å². The van der Waals surface area contributed by atoms with E-state index in [9.17, 15) is 0 Å². The minimum atomic E-state index is 0.420. The number of benzene rings is 2. The van der Waals surface area contributed by atoms with E-state index in [1.54, 1.807) is 0 Å². The van der Waals surface area contributed by atoms with Crippen LogP contribution in [0.3, 0.4) is 0 Å². The van der Waals surface area contributed by atoms with Crippen LogP contribution in [0, 0.1) is 6.92 Å². The topological polar surface area (TPSA) is 12.0 Å². The van der Waals surface area contributed by atoms with Gasteiger partial charge in [0.1, 0.15) is 0 Å². The molecule has 2 aromatic rings. The molecular weight excluding hydrogens is 254 g/mol. The van der Waals surface area contributed by atoms with Crippen molar-refractivity contribution in [2.24, 2.45) is 0 Å². The van der Waals surface area contributed by atoms with Gasteiger partial charge in [-0.1, -0.05) is 68.4 Å². The molecule has 1 heteroatoms. The quantitative estimate of drug-likeness (QED) is 0.760. The minimum Gasteiger partial charge on any atom is -0.313 e. The Kier molecular flexibility index (Phi) is 6.01. The summed E-state index contributed by atoms with van der Waals surface area (Å²) in [4.78, 5) is 0. The van der Waals surface area contributed by atoms with Gasteiger partial charge in [-0.3, -0.25) is 0 Å². The van der Waals surface area contributed by atoms with Gasteiger partial charge in [-0.15, -0.1) is 0 Å². The van der Waals surface area contributed by atoms with Crippen molar-refractivity contribution in [2.75, 3.05) is 6.54 Å². The van der Waals surface area contributed by atoms with Crippen molar-refractivity contribution in [1.82, 2.24) is 5.32 Å². The van der Waals surface area contributed by atoms with E-state index in [4.69, 9.17) is 0 Å². The fourth-order valence-corrected chi connectivity index (χ4v) is 3.05. The maximum Gasteiger partial charge on any atom is 0.0245 e. The molecule has 0 heterocycles. The van der Waals surface area contributed by atoms with Gasteiger partial charge < -0.3 is 5.32 Å². The summed E-state index contributed by atoms with van der Waals surface area (Å²) < 4.78 is 0. The summed E-state index contributed by atoms with van der Waals surface area (Å²) in [5, 5.41) is 3.74. The first-order chi connectivity index (χ1) is 10.3. The van der Waals surface area contributed by atoms with E-state index in [2.05, 4.69) is 80.7 Å². The Morgan fingerprint density at radius 2 is 1.57 bits per heavy atom. The Bertz CT molecular complexity index is 533. The largest absolute Gasteiger partial charge is 0.313 e. The summed E-state index contributed by atoms with van der Waals surface area (Å²) in [7, 11) is 0. The van der Waals surface area contributed by atoms with Crippen LogP contribution in [0.4, 0.5) is 0 Å². The van der Waals surface area contributed by atoms with Crippen LogP contribution in [-0.4, -0.2) is 12.6 Å². The fourth-order valence-electron chi connectivity index (χ4n) is 3.05. The first-order valence-corrected chi connectivity index (χ1v) is 8.11. The van der Waals surface area contributed by atoms with Crippen molar-refractivity contribution in [3.63, 3.8) is 0 Å². The molecule has 0 bridgehead atoms. The molecule has 112 valence electrons. The van der Waals surface area contributed by atoms with Gasteiger partial charge in [-0.05, 0) is 43.0 Å². The Labute approximate surface area is 129 Å². The van der Waals surface area contributed by atoms with E-state index in [1.807, 2.05) is 0 Å². The van der Waals surface area contributed by atoms with Crippen LogP contribution in [0.25, 0.3) is 0 Å². The van der Waals surface area contributed by atoms with Crippen LogP contribution in [0.15, 0.2) is 54.6 Å². The highest BCUT2D eigenvalue weighted by Gasteiger charge is 2.24. The van der Waals surface area contributed by atoms with E-state index in [-0.39, 0.29) is 0 Å². The predicted octanol–water partition coefficient (Wildman–Crippen LogP) is 4.91. The number of nitrogens with one attached hydrogen (secondary N) is 1. The Morgan fingerprint density at radius 3 is 2.19 bits per heavy atom. The molecule has 2 unspecified atom stereocenters. The Balaban J connectivity index is 2.41. The maximum atomic E-state index is 3.74. The predicted molar refractivity (Wildman–Crippen MR) is 91.8 cm³/mol. The third-order valence-electron chi connectivity index (χ3n) is 4.18. The molecule has 0 spiro atoms. The van der Waals surface area contributed by atoms with Gasteiger partial charge >= 0.3 is 0 Å². The zero-order valence-electron chi connectivity index (χ0n) is 13.5. The molecule has 1 nitrogen and oxygen atoms in total. The lowest BCUT2D eigenvalue weighted by Crippen LogP contribution is -2.35. The zero-order valence-corrected chi connectivity index (χ0v) is 13.5. The lowest BCUT2D eigenvalue weighted by atomic mass is 9.82. The Hall–Kier alpha value is -1.60. The second-order valence-corrected chi connectivity index (χ2v) is 5.71. The average Bonchev–Trinajstić information content (AvgIpc) is 2.53. The van der Waals surface area contributed by atoms with Crippen molar-refractivity contribution in [3.8, 4) is 0 Å². The third kappa shape index (κ3) is 3.95. The lowest BCUT2D eigenvalue weighted by Gasteiger charge is -2.29. The number of hydrogen-bond acceptors (Lipinski definition) is 1. The highest BCUT2D eigenvalue weighted by molar-refractivity contribution is 5.39. The summed E-state index contributed by atoms with van der Waals surface area (Å²) in [6.45, 7) is 7.80. The van der Waals surface area contributed by atoms with Crippen LogP contribution in [0.2, 0.25) is 0 Å². The molecule has 2 atom stereocenters. The molecule has 2 rings (SSSR count). The van der Waals surface area contributed by atoms with Gasteiger partial charge in [0.25, 0.3) is 0 Å². The smallest absolute Gasteiger partial charge is 0.0245 e. The molecule has 0 amide bonds. The van der Waals surface area contributed by atoms with Gasteiger partial charge in [0.05, 0.1) is 0 Å². The van der Waals surface area contributed by atoms with Gasteiger partial charge in [0, 0.05) is 12.0 Å². The SMILES string of the molecule is CCCNC(CC)C(c1ccccc1)c1ccccc1C. The minimum absolute atomic E-state index is 0.420. The Morgan fingerprint density at radius 1 is 0.905 bits per heavy atom. The third-order valence-corrected chi connectivity index (χ3v) is 4.18. The van der Waals surface area contributed by atoms with E-state index in [1.165, 1.54) is 23.1 Å². The number of aryl methyl sites for hydroxylation is 1. The summed E-state index contributed by atoms with van der Waals surface area (Å²) in [6, 6.07) is 20.2. The molecule has 0 saturated carbocycles. The summed E-state index contributed by atoms with van der Waals surface area (Å²) in [5.41, 5.74) is 4.23. The molecular formula is C20H27N. The summed E-state index contributed by atoms with van der Waals surface area (Å²) >= 11 is 0. The number of rotatable bonds is 7. The molecule has 1 N–H and O–H groups in total. The standard InChI is InChI=1S/C20H27N/c1-4-15-21-19(5-2)20(17-12-7-6-8-13-17)18-14-10-9-11-16(18)3/h6-14,19-21H,4-5,15H2,1-3H3.